The minimum atomic E-state index is -0.114. The minimum Gasteiger partial charge on any atom is -0.508 e. The van der Waals surface area contributed by atoms with Gasteiger partial charge in [-0.1, -0.05) is 30.3 Å². The second-order valence-corrected chi connectivity index (χ2v) is 5.23. The first-order valence-electron chi connectivity index (χ1n) is 7.16. The molecule has 1 amide bonds. The van der Waals surface area contributed by atoms with Crippen LogP contribution in [0, 0.1) is 0 Å². The molecule has 23 heavy (non-hydrogen) atoms. The van der Waals surface area contributed by atoms with E-state index in [0.29, 0.717) is 23.4 Å². The van der Waals surface area contributed by atoms with E-state index in [-0.39, 0.29) is 11.7 Å². The summed E-state index contributed by atoms with van der Waals surface area (Å²) >= 11 is 0. The van der Waals surface area contributed by atoms with Gasteiger partial charge in [0.15, 0.2) is 12.2 Å². The Kier molecular flexibility index (Phi) is 4.10. The van der Waals surface area contributed by atoms with Gasteiger partial charge in [0, 0.05) is 30.3 Å². The first-order chi connectivity index (χ1) is 11.1. The van der Waals surface area contributed by atoms with E-state index in [1.54, 1.807) is 48.5 Å². The zero-order valence-corrected chi connectivity index (χ0v) is 12.6. The number of para-hydroxylation sites is 1. The molecule has 2 aromatic carbocycles. The summed E-state index contributed by atoms with van der Waals surface area (Å²) in [6.45, 7) is 0.343. The summed E-state index contributed by atoms with van der Waals surface area (Å²) in [5.74, 6) is 0.733. The maximum absolute atomic E-state index is 12.5. The fourth-order valence-electron chi connectivity index (χ4n) is 2.33. The molecule has 3 aromatic rings. The van der Waals surface area contributed by atoms with Crippen molar-refractivity contribution < 1.29 is 14.3 Å². The zero-order chi connectivity index (χ0) is 16.2. The number of oxazole rings is 1. The van der Waals surface area contributed by atoms with Crippen LogP contribution in [-0.2, 0) is 6.54 Å². The molecule has 0 atom stereocenters. The van der Waals surface area contributed by atoms with Crippen molar-refractivity contribution in [1.82, 2.24) is 9.88 Å². The van der Waals surface area contributed by atoms with Crippen molar-refractivity contribution in [2.45, 2.75) is 6.54 Å². The molecule has 0 aliphatic heterocycles. The summed E-state index contributed by atoms with van der Waals surface area (Å²) in [6, 6.07) is 14.1. The largest absolute Gasteiger partial charge is 0.508 e. The second-order valence-electron chi connectivity index (χ2n) is 5.23. The van der Waals surface area contributed by atoms with Gasteiger partial charge in [0.2, 0.25) is 0 Å². The molecule has 0 aliphatic carbocycles. The number of nitrogens with zero attached hydrogens (tertiary/aromatic N) is 2. The van der Waals surface area contributed by atoms with Crippen LogP contribution in [0.25, 0.3) is 11.3 Å². The molecular weight excluding hydrogens is 292 g/mol. The van der Waals surface area contributed by atoms with Crippen LogP contribution in [0.3, 0.4) is 0 Å². The predicted molar refractivity (Wildman–Crippen MR) is 85.8 cm³/mol. The number of benzene rings is 2. The van der Waals surface area contributed by atoms with Gasteiger partial charge in [0.25, 0.3) is 5.91 Å². The lowest BCUT2D eigenvalue weighted by molar-refractivity contribution is 0.0784. The van der Waals surface area contributed by atoms with E-state index in [0.717, 1.165) is 5.56 Å². The smallest absolute Gasteiger partial charge is 0.253 e. The summed E-state index contributed by atoms with van der Waals surface area (Å²) in [5, 5.41) is 9.80. The van der Waals surface area contributed by atoms with E-state index in [1.807, 2.05) is 18.2 Å². The molecular formula is C18H16N2O3. The number of carbonyl (C=O) groups excluding carboxylic acids is 1. The summed E-state index contributed by atoms with van der Waals surface area (Å²) in [6.07, 6.45) is 3.00. The maximum atomic E-state index is 12.5. The van der Waals surface area contributed by atoms with E-state index < -0.39 is 0 Å². The molecule has 116 valence electrons. The minimum absolute atomic E-state index is 0.114. The highest BCUT2D eigenvalue weighted by Gasteiger charge is 2.14. The molecule has 5 heteroatoms. The molecule has 5 nitrogen and oxygen atoms in total. The van der Waals surface area contributed by atoms with Crippen LogP contribution in [0.5, 0.6) is 5.75 Å². The first-order valence-corrected chi connectivity index (χ1v) is 7.16. The van der Waals surface area contributed by atoms with Crippen LogP contribution in [0.1, 0.15) is 15.9 Å². The van der Waals surface area contributed by atoms with Gasteiger partial charge in [-0.25, -0.2) is 4.98 Å². The Hall–Kier alpha value is -3.08. The SMILES string of the molecule is CN(Cc1ccccc1O)C(=O)c1ccc(-c2cnco2)cc1. The first kappa shape index (κ1) is 14.8. The summed E-state index contributed by atoms with van der Waals surface area (Å²) < 4.78 is 5.23. The Morgan fingerprint density at radius 1 is 1.17 bits per heavy atom. The topological polar surface area (TPSA) is 66.6 Å². The van der Waals surface area contributed by atoms with Crippen LogP contribution >= 0.6 is 0 Å². The number of phenols is 1. The van der Waals surface area contributed by atoms with Crippen molar-refractivity contribution in [3.63, 3.8) is 0 Å². The van der Waals surface area contributed by atoms with Crippen molar-refractivity contribution >= 4 is 5.91 Å². The molecule has 0 saturated carbocycles. The van der Waals surface area contributed by atoms with Crippen LogP contribution < -0.4 is 0 Å². The fraction of sp³-hybridized carbons (Fsp3) is 0.111. The zero-order valence-electron chi connectivity index (χ0n) is 12.6. The molecule has 0 fully saturated rings. The van der Waals surface area contributed by atoms with Gasteiger partial charge >= 0.3 is 0 Å². The fourth-order valence-corrected chi connectivity index (χ4v) is 2.33. The Bertz CT molecular complexity index is 795. The van der Waals surface area contributed by atoms with Crippen LogP contribution in [-0.4, -0.2) is 27.9 Å². The van der Waals surface area contributed by atoms with Crippen LogP contribution in [0.4, 0.5) is 0 Å². The lowest BCUT2D eigenvalue weighted by Crippen LogP contribution is -2.26. The van der Waals surface area contributed by atoms with Gasteiger partial charge in [0.05, 0.1) is 6.20 Å². The molecule has 1 aromatic heterocycles. The summed E-state index contributed by atoms with van der Waals surface area (Å²) in [7, 11) is 1.71. The molecule has 0 aliphatic rings. The third-order valence-electron chi connectivity index (χ3n) is 3.59. The van der Waals surface area contributed by atoms with E-state index in [1.165, 1.54) is 6.39 Å². The Morgan fingerprint density at radius 2 is 1.91 bits per heavy atom. The van der Waals surface area contributed by atoms with Gasteiger partial charge in [-0.3, -0.25) is 4.79 Å². The standard InChI is InChI=1S/C18H16N2O3/c1-20(11-15-4-2-3-5-16(15)21)18(22)14-8-6-13(7-9-14)17-10-19-12-23-17/h2-10,12,21H,11H2,1H3. The maximum Gasteiger partial charge on any atom is 0.253 e. The number of hydrogen-bond donors (Lipinski definition) is 1. The summed E-state index contributed by atoms with van der Waals surface area (Å²) in [4.78, 5) is 17.9. The normalized spacial score (nSPS) is 10.5. The van der Waals surface area contributed by atoms with Crippen LogP contribution in [0.15, 0.2) is 65.5 Å². The third kappa shape index (κ3) is 3.23. The quantitative estimate of drug-likeness (QED) is 0.803. The second kappa shape index (κ2) is 6.36. The van der Waals surface area contributed by atoms with Crippen molar-refractivity contribution in [3.05, 3.63) is 72.2 Å². The number of phenolic OH excluding ortho intramolecular Hbond substituents is 1. The molecule has 1 heterocycles. The number of amides is 1. The average Bonchev–Trinajstić information content (AvgIpc) is 3.11. The van der Waals surface area contributed by atoms with Crippen LogP contribution in [0.2, 0.25) is 0 Å². The highest BCUT2D eigenvalue weighted by atomic mass is 16.3. The predicted octanol–water partition coefficient (Wildman–Crippen LogP) is 3.32. The number of aromatic hydroxyl groups is 1. The van der Waals surface area contributed by atoms with Crippen molar-refractivity contribution in [2.24, 2.45) is 0 Å². The van der Waals surface area contributed by atoms with Gasteiger partial charge < -0.3 is 14.4 Å². The Labute approximate surface area is 133 Å². The average molecular weight is 308 g/mol. The van der Waals surface area contributed by atoms with E-state index in [4.69, 9.17) is 4.42 Å². The highest BCUT2D eigenvalue weighted by Crippen LogP contribution is 2.21. The van der Waals surface area contributed by atoms with Gasteiger partial charge in [0.1, 0.15) is 5.75 Å². The molecule has 3 rings (SSSR count). The van der Waals surface area contributed by atoms with Crippen molar-refractivity contribution in [1.29, 1.82) is 0 Å². The van der Waals surface area contributed by atoms with Crippen molar-refractivity contribution in [2.75, 3.05) is 7.05 Å². The highest BCUT2D eigenvalue weighted by molar-refractivity contribution is 5.94. The number of carbonyl (C=O) groups is 1. The molecule has 0 saturated heterocycles. The number of hydrogen-bond acceptors (Lipinski definition) is 4. The Balaban J connectivity index is 1.73. The van der Waals surface area contributed by atoms with Crippen molar-refractivity contribution in [3.8, 4) is 17.1 Å². The monoisotopic (exact) mass is 308 g/mol. The molecule has 0 unspecified atom stereocenters. The van der Waals surface area contributed by atoms with Gasteiger partial charge in [-0.05, 0) is 18.2 Å². The number of aromatic nitrogens is 1. The molecule has 0 bridgehead atoms. The Morgan fingerprint density at radius 3 is 2.57 bits per heavy atom. The molecule has 0 radical (unpaired) electrons. The molecule has 0 spiro atoms. The third-order valence-corrected chi connectivity index (χ3v) is 3.59. The molecule has 1 N–H and O–H groups in total. The van der Waals surface area contributed by atoms with E-state index >= 15 is 0 Å². The lowest BCUT2D eigenvalue weighted by atomic mass is 10.1. The number of rotatable bonds is 4. The van der Waals surface area contributed by atoms with E-state index in [2.05, 4.69) is 4.98 Å². The lowest BCUT2D eigenvalue weighted by Gasteiger charge is -2.18. The summed E-state index contributed by atoms with van der Waals surface area (Å²) in [5.41, 5.74) is 2.15. The van der Waals surface area contributed by atoms with E-state index in [9.17, 15) is 9.90 Å². The van der Waals surface area contributed by atoms with Gasteiger partial charge in [-0.15, -0.1) is 0 Å². The van der Waals surface area contributed by atoms with Gasteiger partial charge in [-0.2, -0.15) is 0 Å².